The number of halogens is 3. The molecule has 0 aromatic carbocycles. The van der Waals surface area contributed by atoms with Crippen molar-refractivity contribution in [2.45, 2.75) is 51.9 Å². The number of urea groups is 1. The summed E-state index contributed by atoms with van der Waals surface area (Å²) in [6.45, 7) is 6.23. The fourth-order valence-electron chi connectivity index (χ4n) is 3.70. The monoisotopic (exact) mass is 438 g/mol. The van der Waals surface area contributed by atoms with Crippen molar-refractivity contribution in [1.82, 2.24) is 19.7 Å². The van der Waals surface area contributed by atoms with E-state index in [1.54, 1.807) is 31.6 Å². The zero-order chi connectivity index (χ0) is 22.5. The first kappa shape index (κ1) is 20.9. The van der Waals surface area contributed by atoms with Gasteiger partial charge in [0.2, 0.25) is 0 Å². The largest absolute Gasteiger partial charge is 0.441 e. The van der Waals surface area contributed by atoms with Gasteiger partial charge in [-0.05, 0) is 32.9 Å². The van der Waals surface area contributed by atoms with Crippen LogP contribution in [0.5, 0.6) is 0 Å². The van der Waals surface area contributed by atoms with Crippen LogP contribution in [0.2, 0.25) is 0 Å². The molecule has 31 heavy (non-hydrogen) atoms. The van der Waals surface area contributed by atoms with E-state index < -0.39 is 35.7 Å². The zero-order valence-corrected chi connectivity index (χ0v) is 17.1. The molecule has 2 aliphatic heterocycles. The Hall–Kier alpha value is -3.31. The molecule has 1 saturated heterocycles. The van der Waals surface area contributed by atoms with Gasteiger partial charge < -0.3 is 9.64 Å². The Morgan fingerprint density at radius 1 is 1.35 bits per heavy atom. The number of amides is 3. The second kappa shape index (κ2) is 7.43. The van der Waals surface area contributed by atoms with E-state index in [2.05, 4.69) is 15.4 Å². The van der Waals surface area contributed by atoms with Gasteiger partial charge in [0.15, 0.2) is 5.82 Å². The van der Waals surface area contributed by atoms with Gasteiger partial charge in [-0.15, -0.1) is 0 Å². The summed E-state index contributed by atoms with van der Waals surface area (Å²) in [6.07, 6.45) is -2.04. The van der Waals surface area contributed by atoms with Gasteiger partial charge >= 0.3 is 12.1 Å². The van der Waals surface area contributed by atoms with E-state index in [1.165, 1.54) is 9.80 Å². The highest BCUT2D eigenvalue weighted by Gasteiger charge is 2.41. The van der Waals surface area contributed by atoms with Gasteiger partial charge in [0.1, 0.15) is 17.1 Å². The maximum absolute atomic E-state index is 13.5. The topological polar surface area (TPSA) is 92.6 Å². The average molecular weight is 438 g/mol. The standard InChI is InChI=1S/C19H21F3N6O3/c1-10-7-28-13(12(6-23-28)27-9-19(2,3)31-18(27)30)8-26(10)17(29)25-14-5-4-11(20)15(24-14)16(21)22/h4-6,10,16H,7-9H2,1-3H3,(H,24,25,29)/t10-/m0/s1. The van der Waals surface area contributed by atoms with E-state index in [4.69, 9.17) is 4.74 Å². The molecular formula is C19H21F3N6O3. The lowest BCUT2D eigenvalue weighted by molar-refractivity contribution is 0.0871. The molecular weight excluding hydrogens is 417 g/mol. The summed E-state index contributed by atoms with van der Waals surface area (Å²) in [4.78, 5) is 31.6. The Labute approximate surface area is 175 Å². The number of nitrogens with one attached hydrogen (secondary N) is 1. The third kappa shape index (κ3) is 3.89. The number of ether oxygens (including phenoxy) is 1. The minimum atomic E-state index is -3.10. The Bertz CT molecular complexity index is 1040. The molecule has 0 unspecified atom stereocenters. The summed E-state index contributed by atoms with van der Waals surface area (Å²) in [6, 6.07) is 1.08. The highest BCUT2D eigenvalue weighted by Crippen LogP contribution is 2.33. The number of fused-ring (bicyclic) bond motifs is 1. The number of alkyl halides is 2. The summed E-state index contributed by atoms with van der Waals surface area (Å²) < 4.78 is 46.3. The highest BCUT2D eigenvalue weighted by molar-refractivity contribution is 5.91. The Kier molecular flexibility index (Phi) is 5.02. The SMILES string of the molecule is C[C@H]1Cn2ncc(N3CC(C)(C)OC3=O)c2CN1C(=O)Nc1ccc(F)c(C(F)F)n1. The van der Waals surface area contributed by atoms with E-state index in [-0.39, 0.29) is 18.4 Å². The minimum absolute atomic E-state index is 0.120. The highest BCUT2D eigenvalue weighted by atomic mass is 19.3. The molecule has 2 aliphatic rings. The molecule has 9 nitrogen and oxygen atoms in total. The van der Waals surface area contributed by atoms with Crippen LogP contribution in [0.25, 0.3) is 0 Å². The number of carbonyl (C=O) groups is 2. The summed E-state index contributed by atoms with van der Waals surface area (Å²) in [5.74, 6) is -1.33. The molecule has 1 atom stereocenters. The van der Waals surface area contributed by atoms with Crippen molar-refractivity contribution in [3.63, 3.8) is 0 Å². The van der Waals surface area contributed by atoms with Crippen LogP contribution in [0.4, 0.5) is 34.3 Å². The number of hydrogen-bond acceptors (Lipinski definition) is 5. The Balaban J connectivity index is 1.55. The number of cyclic esters (lactones) is 1. The lowest BCUT2D eigenvalue weighted by Gasteiger charge is -2.34. The maximum Gasteiger partial charge on any atom is 0.415 e. The van der Waals surface area contributed by atoms with Crippen LogP contribution < -0.4 is 10.2 Å². The number of hydrogen-bond donors (Lipinski definition) is 1. The maximum atomic E-state index is 13.5. The second-order valence-electron chi connectivity index (χ2n) is 8.14. The smallest absolute Gasteiger partial charge is 0.415 e. The molecule has 3 amide bonds. The van der Waals surface area contributed by atoms with Gasteiger partial charge in [0, 0.05) is 0 Å². The van der Waals surface area contributed by atoms with Crippen LogP contribution in [0, 0.1) is 5.82 Å². The predicted molar refractivity (Wildman–Crippen MR) is 103 cm³/mol. The number of aromatic nitrogens is 3. The molecule has 0 saturated carbocycles. The third-order valence-electron chi connectivity index (χ3n) is 5.21. The number of carbonyl (C=O) groups excluding carboxylic acids is 2. The summed E-state index contributed by atoms with van der Waals surface area (Å²) >= 11 is 0. The van der Waals surface area contributed by atoms with Gasteiger partial charge in [-0.2, -0.15) is 5.10 Å². The van der Waals surface area contributed by atoms with Crippen molar-refractivity contribution < 1.29 is 27.5 Å². The quantitative estimate of drug-likeness (QED) is 0.792. The van der Waals surface area contributed by atoms with Crippen molar-refractivity contribution in [1.29, 1.82) is 0 Å². The van der Waals surface area contributed by atoms with Crippen molar-refractivity contribution in [2.75, 3.05) is 16.8 Å². The molecule has 2 aromatic rings. The average Bonchev–Trinajstić information content (AvgIpc) is 3.20. The molecule has 2 aromatic heterocycles. The Morgan fingerprint density at radius 3 is 2.74 bits per heavy atom. The summed E-state index contributed by atoms with van der Waals surface area (Å²) in [7, 11) is 0. The molecule has 0 radical (unpaired) electrons. The van der Waals surface area contributed by atoms with Crippen molar-refractivity contribution in [3.8, 4) is 0 Å². The van der Waals surface area contributed by atoms with E-state index in [1.807, 2.05) is 0 Å². The van der Waals surface area contributed by atoms with Gasteiger partial charge in [-0.1, -0.05) is 0 Å². The lowest BCUT2D eigenvalue weighted by Crippen LogP contribution is -2.47. The molecule has 166 valence electrons. The van der Waals surface area contributed by atoms with Crippen LogP contribution in [0.15, 0.2) is 18.3 Å². The van der Waals surface area contributed by atoms with Gasteiger partial charge in [0.05, 0.1) is 43.3 Å². The number of anilines is 2. The lowest BCUT2D eigenvalue weighted by atomic mass is 10.1. The number of nitrogens with zero attached hydrogens (tertiary/aromatic N) is 5. The van der Waals surface area contributed by atoms with Crippen LogP contribution in [-0.2, 0) is 17.8 Å². The van der Waals surface area contributed by atoms with Crippen LogP contribution >= 0.6 is 0 Å². The van der Waals surface area contributed by atoms with Crippen molar-refractivity contribution in [2.24, 2.45) is 0 Å². The van der Waals surface area contributed by atoms with E-state index in [0.717, 1.165) is 12.1 Å². The molecule has 4 heterocycles. The van der Waals surface area contributed by atoms with Crippen LogP contribution in [0.3, 0.4) is 0 Å². The molecule has 1 fully saturated rings. The van der Waals surface area contributed by atoms with E-state index in [0.29, 0.717) is 24.5 Å². The minimum Gasteiger partial charge on any atom is -0.441 e. The van der Waals surface area contributed by atoms with Crippen molar-refractivity contribution in [3.05, 3.63) is 35.5 Å². The van der Waals surface area contributed by atoms with E-state index in [9.17, 15) is 22.8 Å². The normalized spacial score (nSPS) is 20.1. The predicted octanol–water partition coefficient (Wildman–Crippen LogP) is 3.53. The summed E-state index contributed by atoms with van der Waals surface area (Å²) in [5, 5.41) is 6.76. The first-order valence-electron chi connectivity index (χ1n) is 9.63. The molecule has 0 aliphatic carbocycles. The first-order valence-corrected chi connectivity index (χ1v) is 9.63. The second-order valence-corrected chi connectivity index (χ2v) is 8.14. The van der Waals surface area contributed by atoms with Crippen LogP contribution in [0.1, 0.15) is 38.6 Å². The van der Waals surface area contributed by atoms with Gasteiger partial charge in [-0.25, -0.2) is 27.7 Å². The van der Waals surface area contributed by atoms with Crippen LogP contribution in [-0.4, -0.2) is 50.0 Å². The molecule has 12 heteroatoms. The van der Waals surface area contributed by atoms with Crippen molar-refractivity contribution >= 4 is 23.6 Å². The summed E-state index contributed by atoms with van der Waals surface area (Å²) in [5.41, 5.74) is -0.495. The zero-order valence-electron chi connectivity index (χ0n) is 17.1. The Morgan fingerprint density at radius 2 is 2.10 bits per heavy atom. The molecule has 0 spiro atoms. The fraction of sp³-hybridized carbons (Fsp3) is 0.474. The van der Waals surface area contributed by atoms with E-state index >= 15 is 0 Å². The molecule has 1 N–H and O–H groups in total. The fourth-order valence-corrected chi connectivity index (χ4v) is 3.70. The third-order valence-corrected chi connectivity index (χ3v) is 5.21. The number of pyridine rings is 1. The number of rotatable bonds is 3. The van der Waals surface area contributed by atoms with Gasteiger partial charge in [0.25, 0.3) is 6.43 Å². The first-order chi connectivity index (χ1) is 14.6. The molecule has 4 rings (SSSR count). The molecule has 0 bridgehead atoms. The van der Waals surface area contributed by atoms with Gasteiger partial charge in [-0.3, -0.25) is 14.9 Å².